The molecule has 1 aromatic rings. The molecule has 1 aromatic heterocycles. The minimum Gasteiger partial charge on any atom is -0.353 e. The van der Waals surface area contributed by atoms with Gasteiger partial charge in [-0.05, 0) is 19.4 Å². The van der Waals surface area contributed by atoms with Gasteiger partial charge in [-0.3, -0.25) is 4.79 Å². The van der Waals surface area contributed by atoms with E-state index in [9.17, 15) is 18.0 Å². The number of aromatic nitrogens is 1. The second kappa shape index (κ2) is 8.94. The molecule has 2 atom stereocenters. The zero-order valence-corrected chi connectivity index (χ0v) is 15.0. The summed E-state index contributed by atoms with van der Waals surface area (Å²) in [5, 5.41) is 2.72. The smallest absolute Gasteiger partial charge is 0.353 e. The number of hydrogen-bond acceptors (Lipinski definition) is 4. The average molecular weight is 410 g/mol. The maximum Gasteiger partial charge on any atom is 0.417 e. The van der Waals surface area contributed by atoms with Crippen molar-refractivity contribution >= 4 is 48.1 Å². The number of alkyl halides is 3. The van der Waals surface area contributed by atoms with Gasteiger partial charge in [-0.25, -0.2) is 4.98 Å². The van der Waals surface area contributed by atoms with Gasteiger partial charge in [0.05, 0.1) is 16.6 Å². The van der Waals surface area contributed by atoms with Crippen LogP contribution in [0, 0.1) is 0 Å². The molecule has 0 spiro atoms. The van der Waals surface area contributed by atoms with E-state index in [1.165, 1.54) is 0 Å². The molecule has 1 fully saturated rings. The number of carbonyl (C=O) groups is 1. The summed E-state index contributed by atoms with van der Waals surface area (Å²) >= 11 is 5.91. The summed E-state index contributed by atoms with van der Waals surface area (Å²) in [6.07, 6.45) is -3.07. The van der Waals surface area contributed by atoms with Gasteiger partial charge in [0.15, 0.2) is 0 Å². The predicted octanol–water partition coefficient (Wildman–Crippen LogP) is 2.64. The van der Waals surface area contributed by atoms with E-state index < -0.39 is 17.8 Å². The minimum atomic E-state index is -4.48. The number of nitrogens with one attached hydrogen (secondary N) is 1. The molecular formula is C13H18Cl3F3N4O. The van der Waals surface area contributed by atoms with Crippen LogP contribution in [-0.4, -0.2) is 36.1 Å². The molecule has 5 nitrogen and oxygen atoms in total. The summed E-state index contributed by atoms with van der Waals surface area (Å²) in [6.45, 7) is 2.55. The largest absolute Gasteiger partial charge is 0.417 e. The van der Waals surface area contributed by atoms with Crippen LogP contribution >= 0.6 is 36.4 Å². The van der Waals surface area contributed by atoms with Gasteiger partial charge in [0.1, 0.15) is 5.82 Å². The van der Waals surface area contributed by atoms with Crippen molar-refractivity contribution in [3.8, 4) is 0 Å². The monoisotopic (exact) mass is 408 g/mol. The number of carbonyl (C=O) groups excluding carboxylic acids is 1. The Balaban J connectivity index is 0.00000264. The SMILES string of the molecule is C[C@@H](N)C(=O)NC1CCN(c2ncc(C(F)(F)F)cc2Cl)C1.Cl.Cl. The van der Waals surface area contributed by atoms with Gasteiger partial charge in [0, 0.05) is 25.3 Å². The maximum atomic E-state index is 12.6. The first kappa shape index (κ1) is 23.0. The van der Waals surface area contributed by atoms with E-state index in [2.05, 4.69) is 10.3 Å². The Kier molecular flexibility index (Phi) is 8.58. The lowest BCUT2D eigenvalue weighted by Crippen LogP contribution is -2.45. The number of hydrogen-bond donors (Lipinski definition) is 2. The molecule has 3 N–H and O–H groups in total. The van der Waals surface area contributed by atoms with Crippen LogP contribution in [0.15, 0.2) is 12.3 Å². The summed E-state index contributed by atoms with van der Waals surface area (Å²) in [6, 6.07) is 0.123. The minimum absolute atomic E-state index is 0. The molecular weight excluding hydrogens is 392 g/mol. The number of amides is 1. The standard InChI is InChI=1S/C13H16ClF3N4O.2ClH/c1-7(18)12(22)20-9-2-3-21(6-9)11-10(14)4-8(5-19-11)13(15,16)17;;/h4-5,7,9H,2-3,6,18H2,1H3,(H,20,22);2*1H/t7-,9?;;/m1../s1. The van der Waals surface area contributed by atoms with Crippen LogP contribution in [0.1, 0.15) is 18.9 Å². The number of nitrogens with two attached hydrogens (primary N) is 1. The van der Waals surface area contributed by atoms with Crippen molar-refractivity contribution in [3.05, 3.63) is 22.8 Å². The first-order valence-corrected chi connectivity index (χ1v) is 7.10. The molecule has 1 unspecified atom stereocenters. The Morgan fingerprint density at radius 1 is 1.50 bits per heavy atom. The molecule has 1 aliphatic rings. The Hall–Kier alpha value is -0.960. The second-order valence-corrected chi connectivity index (χ2v) is 5.66. The lowest BCUT2D eigenvalue weighted by molar-refractivity contribution is -0.137. The van der Waals surface area contributed by atoms with Crippen molar-refractivity contribution in [2.24, 2.45) is 5.73 Å². The summed E-state index contributed by atoms with van der Waals surface area (Å²) in [7, 11) is 0. The number of nitrogens with zero attached hydrogens (tertiary/aromatic N) is 2. The third-order valence-corrected chi connectivity index (χ3v) is 3.67. The first-order chi connectivity index (χ1) is 10.2. The molecule has 1 aliphatic heterocycles. The molecule has 11 heteroatoms. The molecule has 0 radical (unpaired) electrons. The third-order valence-electron chi connectivity index (χ3n) is 3.40. The zero-order valence-electron chi connectivity index (χ0n) is 12.6. The fraction of sp³-hybridized carbons (Fsp3) is 0.538. The molecule has 0 bridgehead atoms. The highest BCUT2D eigenvalue weighted by molar-refractivity contribution is 6.33. The molecule has 0 aromatic carbocycles. The summed E-state index contributed by atoms with van der Waals surface area (Å²) in [5.74, 6) is 0.0190. The third kappa shape index (κ3) is 5.54. The quantitative estimate of drug-likeness (QED) is 0.805. The molecule has 24 heavy (non-hydrogen) atoms. The lowest BCUT2D eigenvalue weighted by atomic mass is 10.2. The van der Waals surface area contributed by atoms with Crippen LogP contribution in [0.2, 0.25) is 5.02 Å². The highest BCUT2D eigenvalue weighted by Gasteiger charge is 2.33. The number of anilines is 1. The van der Waals surface area contributed by atoms with Crippen LogP contribution in [-0.2, 0) is 11.0 Å². The van der Waals surface area contributed by atoms with Crippen molar-refractivity contribution < 1.29 is 18.0 Å². The topological polar surface area (TPSA) is 71.2 Å². The fourth-order valence-electron chi connectivity index (χ4n) is 2.22. The van der Waals surface area contributed by atoms with E-state index >= 15 is 0 Å². The number of pyridine rings is 1. The molecule has 2 heterocycles. The van der Waals surface area contributed by atoms with Gasteiger partial charge in [-0.15, -0.1) is 24.8 Å². The molecule has 138 valence electrons. The molecule has 0 aliphatic carbocycles. The van der Waals surface area contributed by atoms with Crippen molar-refractivity contribution in [3.63, 3.8) is 0 Å². The summed E-state index contributed by atoms with van der Waals surface area (Å²) < 4.78 is 37.8. The van der Waals surface area contributed by atoms with Gasteiger partial charge in [0.2, 0.25) is 5.91 Å². The van der Waals surface area contributed by atoms with Crippen LogP contribution in [0.5, 0.6) is 0 Å². The van der Waals surface area contributed by atoms with Gasteiger partial charge < -0.3 is 16.0 Å². The van der Waals surface area contributed by atoms with E-state index in [-0.39, 0.29) is 47.6 Å². The van der Waals surface area contributed by atoms with Crippen LogP contribution < -0.4 is 16.0 Å². The van der Waals surface area contributed by atoms with Crippen LogP contribution in [0.4, 0.5) is 19.0 Å². The fourth-order valence-corrected chi connectivity index (χ4v) is 2.51. The van der Waals surface area contributed by atoms with Crippen molar-refractivity contribution in [2.45, 2.75) is 31.6 Å². The normalized spacial score (nSPS) is 18.4. The molecule has 0 saturated carbocycles. The second-order valence-electron chi connectivity index (χ2n) is 5.26. The van der Waals surface area contributed by atoms with Crippen LogP contribution in [0.25, 0.3) is 0 Å². The van der Waals surface area contributed by atoms with E-state index in [0.29, 0.717) is 19.5 Å². The molecule has 1 amide bonds. The zero-order chi connectivity index (χ0) is 16.5. The van der Waals surface area contributed by atoms with Crippen LogP contribution in [0.3, 0.4) is 0 Å². The highest BCUT2D eigenvalue weighted by Crippen LogP contribution is 2.34. The van der Waals surface area contributed by atoms with E-state index in [1.807, 2.05) is 0 Å². The Labute approximate surface area is 154 Å². The van der Waals surface area contributed by atoms with Crippen molar-refractivity contribution in [1.82, 2.24) is 10.3 Å². The first-order valence-electron chi connectivity index (χ1n) is 6.72. The van der Waals surface area contributed by atoms with Crippen molar-refractivity contribution in [1.29, 1.82) is 0 Å². The Morgan fingerprint density at radius 3 is 2.62 bits per heavy atom. The molecule has 1 saturated heterocycles. The lowest BCUT2D eigenvalue weighted by Gasteiger charge is -2.20. The Bertz CT molecular complexity index is 572. The van der Waals surface area contributed by atoms with E-state index in [0.717, 1.165) is 12.3 Å². The van der Waals surface area contributed by atoms with Gasteiger partial charge in [-0.1, -0.05) is 11.6 Å². The predicted molar refractivity (Wildman–Crippen MR) is 91.2 cm³/mol. The van der Waals surface area contributed by atoms with Crippen molar-refractivity contribution in [2.75, 3.05) is 18.0 Å². The van der Waals surface area contributed by atoms with E-state index in [4.69, 9.17) is 17.3 Å². The van der Waals surface area contributed by atoms with Gasteiger partial charge in [-0.2, -0.15) is 13.2 Å². The summed E-state index contributed by atoms with van der Waals surface area (Å²) in [4.78, 5) is 17.1. The summed E-state index contributed by atoms with van der Waals surface area (Å²) in [5.41, 5.74) is 4.59. The number of rotatable bonds is 3. The average Bonchev–Trinajstić information content (AvgIpc) is 2.85. The highest BCUT2D eigenvalue weighted by atomic mass is 35.5. The maximum absolute atomic E-state index is 12.6. The number of halogens is 6. The Morgan fingerprint density at radius 2 is 2.12 bits per heavy atom. The van der Waals surface area contributed by atoms with E-state index in [1.54, 1.807) is 11.8 Å². The van der Waals surface area contributed by atoms with Gasteiger partial charge in [0.25, 0.3) is 0 Å². The van der Waals surface area contributed by atoms with Gasteiger partial charge >= 0.3 is 6.18 Å². The molecule has 2 rings (SSSR count).